The van der Waals surface area contributed by atoms with E-state index in [0.29, 0.717) is 0 Å². The van der Waals surface area contributed by atoms with Crippen LogP contribution in [0, 0.1) is 0 Å². The van der Waals surface area contributed by atoms with E-state index in [-0.39, 0.29) is 0 Å². The molecular formula is C13H12O3. The SMILES string of the molecule is C[C@@H](C(=O)OO)c1cccc2ccccc12. The fourth-order valence-electron chi connectivity index (χ4n) is 1.83. The fraction of sp³-hybridized carbons (Fsp3) is 0.154. The largest absolute Gasteiger partial charge is 0.349 e. The van der Waals surface area contributed by atoms with Crippen LogP contribution in [0.15, 0.2) is 42.5 Å². The summed E-state index contributed by atoms with van der Waals surface area (Å²) in [4.78, 5) is 15.1. The highest BCUT2D eigenvalue weighted by molar-refractivity contribution is 5.90. The second-order valence-corrected chi connectivity index (χ2v) is 3.70. The van der Waals surface area contributed by atoms with Gasteiger partial charge in [0.25, 0.3) is 0 Å². The van der Waals surface area contributed by atoms with E-state index in [1.165, 1.54) is 0 Å². The van der Waals surface area contributed by atoms with Gasteiger partial charge in [0.15, 0.2) is 0 Å². The molecular weight excluding hydrogens is 204 g/mol. The molecule has 3 heteroatoms. The average Bonchev–Trinajstić information content (AvgIpc) is 2.36. The van der Waals surface area contributed by atoms with Crippen LogP contribution in [-0.2, 0) is 9.68 Å². The summed E-state index contributed by atoms with van der Waals surface area (Å²) >= 11 is 0. The lowest BCUT2D eigenvalue weighted by Gasteiger charge is -2.11. The molecule has 0 spiro atoms. The molecule has 3 nitrogen and oxygen atoms in total. The third kappa shape index (κ3) is 1.77. The minimum absolute atomic E-state index is 0.476. The molecule has 0 aromatic heterocycles. The van der Waals surface area contributed by atoms with Crippen LogP contribution in [-0.4, -0.2) is 11.2 Å². The minimum Gasteiger partial charge on any atom is -0.300 e. The minimum atomic E-state index is -0.642. The Morgan fingerprint density at radius 3 is 2.62 bits per heavy atom. The van der Waals surface area contributed by atoms with Crippen LogP contribution >= 0.6 is 0 Å². The quantitative estimate of drug-likeness (QED) is 0.620. The third-order valence-electron chi connectivity index (χ3n) is 2.73. The number of rotatable bonds is 2. The van der Waals surface area contributed by atoms with Crippen LogP contribution in [0.5, 0.6) is 0 Å². The van der Waals surface area contributed by atoms with Gasteiger partial charge in [-0.1, -0.05) is 42.5 Å². The maximum absolute atomic E-state index is 11.3. The summed E-state index contributed by atoms with van der Waals surface area (Å²) < 4.78 is 0. The van der Waals surface area contributed by atoms with Gasteiger partial charge in [0.2, 0.25) is 0 Å². The molecule has 2 aromatic rings. The van der Waals surface area contributed by atoms with Crippen molar-refractivity contribution in [3.63, 3.8) is 0 Å². The van der Waals surface area contributed by atoms with Gasteiger partial charge < -0.3 is 4.89 Å². The molecule has 2 aromatic carbocycles. The first kappa shape index (κ1) is 10.6. The van der Waals surface area contributed by atoms with Crippen LogP contribution in [0.4, 0.5) is 0 Å². The van der Waals surface area contributed by atoms with Gasteiger partial charge in [-0.25, -0.2) is 4.79 Å². The summed E-state index contributed by atoms with van der Waals surface area (Å²) in [7, 11) is 0. The Morgan fingerprint density at radius 2 is 1.88 bits per heavy atom. The molecule has 0 amide bonds. The Bertz CT molecular complexity index is 514. The van der Waals surface area contributed by atoms with E-state index in [4.69, 9.17) is 5.26 Å². The van der Waals surface area contributed by atoms with Gasteiger partial charge in [0.1, 0.15) is 0 Å². The highest BCUT2D eigenvalue weighted by Gasteiger charge is 2.18. The monoisotopic (exact) mass is 216 g/mol. The summed E-state index contributed by atoms with van der Waals surface area (Å²) in [6.07, 6.45) is 0. The Morgan fingerprint density at radius 1 is 1.19 bits per heavy atom. The lowest BCUT2D eigenvalue weighted by molar-refractivity contribution is -0.235. The van der Waals surface area contributed by atoms with Crippen LogP contribution in [0.3, 0.4) is 0 Å². The van der Waals surface area contributed by atoms with Gasteiger partial charge in [0.05, 0.1) is 5.92 Å². The van der Waals surface area contributed by atoms with Gasteiger partial charge in [-0.2, -0.15) is 5.26 Å². The molecule has 0 aliphatic rings. The first-order valence-electron chi connectivity index (χ1n) is 5.07. The van der Waals surface area contributed by atoms with Crippen molar-refractivity contribution in [1.29, 1.82) is 0 Å². The molecule has 2 rings (SSSR count). The molecule has 0 saturated heterocycles. The van der Waals surface area contributed by atoms with E-state index in [9.17, 15) is 4.79 Å². The highest BCUT2D eigenvalue weighted by Crippen LogP contribution is 2.25. The molecule has 0 fully saturated rings. The van der Waals surface area contributed by atoms with E-state index < -0.39 is 11.9 Å². The van der Waals surface area contributed by atoms with Crippen molar-refractivity contribution in [3.05, 3.63) is 48.0 Å². The van der Waals surface area contributed by atoms with Gasteiger partial charge >= 0.3 is 5.97 Å². The summed E-state index contributed by atoms with van der Waals surface area (Å²) in [5.41, 5.74) is 0.858. The molecule has 0 radical (unpaired) electrons. The van der Waals surface area contributed by atoms with Crippen molar-refractivity contribution in [2.45, 2.75) is 12.8 Å². The Kier molecular flexibility index (Phi) is 2.88. The van der Waals surface area contributed by atoms with Crippen molar-refractivity contribution < 1.29 is 14.9 Å². The molecule has 0 aliphatic carbocycles. The maximum Gasteiger partial charge on any atom is 0.349 e. The normalized spacial score (nSPS) is 12.4. The fourth-order valence-corrected chi connectivity index (χ4v) is 1.83. The van der Waals surface area contributed by atoms with Crippen LogP contribution in [0.2, 0.25) is 0 Å². The van der Waals surface area contributed by atoms with E-state index >= 15 is 0 Å². The summed E-state index contributed by atoms with van der Waals surface area (Å²) in [5, 5.41) is 10.5. The lowest BCUT2D eigenvalue weighted by Crippen LogP contribution is -2.11. The van der Waals surface area contributed by atoms with E-state index in [2.05, 4.69) is 4.89 Å². The van der Waals surface area contributed by atoms with Gasteiger partial charge in [0, 0.05) is 0 Å². The standard InChI is InChI=1S/C13H12O3/c1-9(13(14)16-15)11-8-4-6-10-5-2-3-7-12(10)11/h2-9,15H,1H3/t9-/m1/s1. The Balaban J connectivity index is 2.56. The second kappa shape index (κ2) is 4.33. The van der Waals surface area contributed by atoms with E-state index in [1.54, 1.807) is 6.92 Å². The topological polar surface area (TPSA) is 46.5 Å². The van der Waals surface area contributed by atoms with Gasteiger partial charge in [-0.05, 0) is 23.3 Å². The summed E-state index contributed by atoms with van der Waals surface area (Å²) in [5.74, 6) is -1.12. The number of hydrogen-bond donors (Lipinski definition) is 1. The molecule has 16 heavy (non-hydrogen) atoms. The predicted octanol–water partition coefficient (Wildman–Crippen LogP) is 2.96. The molecule has 0 heterocycles. The average molecular weight is 216 g/mol. The number of carbonyl (C=O) groups excluding carboxylic acids is 1. The molecule has 0 saturated carbocycles. The molecule has 0 unspecified atom stereocenters. The predicted molar refractivity (Wildman–Crippen MR) is 61.1 cm³/mol. The molecule has 82 valence electrons. The second-order valence-electron chi connectivity index (χ2n) is 3.70. The summed E-state index contributed by atoms with van der Waals surface area (Å²) in [6, 6.07) is 13.5. The number of benzene rings is 2. The van der Waals surface area contributed by atoms with Crippen LogP contribution in [0.1, 0.15) is 18.4 Å². The van der Waals surface area contributed by atoms with Crippen molar-refractivity contribution in [3.8, 4) is 0 Å². The number of hydrogen-bond acceptors (Lipinski definition) is 3. The zero-order valence-corrected chi connectivity index (χ0v) is 8.88. The third-order valence-corrected chi connectivity index (χ3v) is 2.73. The number of carbonyl (C=O) groups is 1. The van der Waals surface area contributed by atoms with E-state index in [1.807, 2.05) is 42.5 Å². The first-order chi connectivity index (χ1) is 7.74. The Hall–Kier alpha value is -1.87. The molecule has 0 aliphatic heterocycles. The first-order valence-corrected chi connectivity index (χ1v) is 5.07. The van der Waals surface area contributed by atoms with Gasteiger partial charge in [-0.3, -0.25) is 0 Å². The smallest absolute Gasteiger partial charge is 0.300 e. The Labute approximate surface area is 93.2 Å². The van der Waals surface area contributed by atoms with Crippen molar-refractivity contribution in [1.82, 2.24) is 0 Å². The number of fused-ring (bicyclic) bond motifs is 1. The molecule has 0 bridgehead atoms. The maximum atomic E-state index is 11.3. The van der Waals surface area contributed by atoms with Crippen molar-refractivity contribution >= 4 is 16.7 Å². The zero-order chi connectivity index (χ0) is 11.5. The van der Waals surface area contributed by atoms with E-state index in [0.717, 1.165) is 16.3 Å². The van der Waals surface area contributed by atoms with Gasteiger partial charge in [-0.15, -0.1) is 0 Å². The molecule has 1 atom stereocenters. The lowest BCUT2D eigenvalue weighted by atomic mass is 9.95. The van der Waals surface area contributed by atoms with Crippen LogP contribution < -0.4 is 0 Å². The van der Waals surface area contributed by atoms with Crippen LogP contribution in [0.25, 0.3) is 10.8 Å². The zero-order valence-electron chi connectivity index (χ0n) is 8.88. The summed E-state index contributed by atoms with van der Waals surface area (Å²) in [6.45, 7) is 1.71. The van der Waals surface area contributed by atoms with Crippen molar-refractivity contribution in [2.24, 2.45) is 0 Å². The highest BCUT2D eigenvalue weighted by atomic mass is 17.1. The molecule has 1 N–H and O–H groups in total. The van der Waals surface area contributed by atoms with Crippen molar-refractivity contribution in [2.75, 3.05) is 0 Å².